The first-order valence-corrected chi connectivity index (χ1v) is 7.85. The second kappa shape index (κ2) is 6.42. The lowest BCUT2D eigenvalue weighted by Gasteiger charge is -2.17. The second-order valence-electron chi connectivity index (χ2n) is 5.69. The van der Waals surface area contributed by atoms with Crippen molar-refractivity contribution < 1.29 is 9.59 Å². The number of amides is 2. The van der Waals surface area contributed by atoms with E-state index in [9.17, 15) is 9.59 Å². The molecular formula is C18H17ClN2O2. The maximum Gasteiger partial charge on any atom is 0.229 e. The van der Waals surface area contributed by atoms with Gasteiger partial charge in [-0.05, 0) is 36.8 Å². The van der Waals surface area contributed by atoms with Crippen molar-refractivity contribution in [3.05, 3.63) is 59.1 Å². The van der Waals surface area contributed by atoms with Crippen LogP contribution < -0.4 is 10.2 Å². The molecule has 0 bridgehead atoms. The van der Waals surface area contributed by atoms with Crippen molar-refractivity contribution in [2.75, 3.05) is 16.8 Å². The molecule has 1 N–H and O–H groups in total. The predicted octanol–water partition coefficient (Wildman–Crippen LogP) is 3.64. The Balaban J connectivity index is 1.72. The molecule has 1 unspecified atom stereocenters. The quantitative estimate of drug-likeness (QED) is 0.935. The number of carbonyl (C=O) groups excluding carboxylic acids is 2. The van der Waals surface area contributed by atoms with Crippen LogP contribution in [-0.4, -0.2) is 18.4 Å². The lowest BCUT2D eigenvalue weighted by molar-refractivity contribution is -0.122. The highest BCUT2D eigenvalue weighted by Gasteiger charge is 2.35. The van der Waals surface area contributed by atoms with Crippen LogP contribution in [0.1, 0.15) is 12.0 Å². The Morgan fingerprint density at radius 3 is 2.74 bits per heavy atom. The molecule has 118 valence electrons. The van der Waals surface area contributed by atoms with Crippen molar-refractivity contribution >= 4 is 34.8 Å². The van der Waals surface area contributed by atoms with E-state index in [-0.39, 0.29) is 24.2 Å². The van der Waals surface area contributed by atoms with Gasteiger partial charge in [0.25, 0.3) is 0 Å². The van der Waals surface area contributed by atoms with Crippen molar-refractivity contribution in [1.29, 1.82) is 0 Å². The number of carbonyl (C=O) groups is 2. The fraction of sp³-hybridized carbons (Fsp3) is 0.222. The molecule has 3 rings (SSSR count). The minimum atomic E-state index is -0.360. The van der Waals surface area contributed by atoms with Crippen LogP contribution in [0.25, 0.3) is 0 Å². The van der Waals surface area contributed by atoms with E-state index in [1.807, 2.05) is 37.3 Å². The first-order chi connectivity index (χ1) is 11.0. The molecule has 1 aliphatic rings. The zero-order valence-electron chi connectivity index (χ0n) is 12.8. The Bertz CT molecular complexity index is 760. The molecule has 1 atom stereocenters. The minimum absolute atomic E-state index is 0.0581. The van der Waals surface area contributed by atoms with Gasteiger partial charge in [0, 0.05) is 29.4 Å². The Hall–Kier alpha value is -2.33. The topological polar surface area (TPSA) is 49.4 Å². The van der Waals surface area contributed by atoms with Gasteiger partial charge in [0.2, 0.25) is 11.8 Å². The van der Waals surface area contributed by atoms with Crippen LogP contribution >= 0.6 is 11.6 Å². The number of nitrogens with one attached hydrogen (secondary N) is 1. The molecule has 23 heavy (non-hydrogen) atoms. The van der Waals surface area contributed by atoms with Crippen LogP contribution in [0, 0.1) is 12.8 Å². The van der Waals surface area contributed by atoms with Gasteiger partial charge in [-0.1, -0.05) is 35.9 Å². The average molecular weight is 329 g/mol. The number of rotatable bonds is 3. The molecule has 1 fully saturated rings. The highest BCUT2D eigenvalue weighted by atomic mass is 35.5. The maximum atomic E-state index is 12.4. The van der Waals surface area contributed by atoms with Gasteiger partial charge in [-0.2, -0.15) is 0 Å². The molecular weight excluding hydrogens is 312 g/mol. The molecule has 0 aliphatic carbocycles. The summed E-state index contributed by atoms with van der Waals surface area (Å²) >= 11 is 5.98. The lowest BCUT2D eigenvalue weighted by Crippen LogP contribution is -2.28. The molecule has 1 aliphatic heterocycles. The molecule has 1 saturated heterocycles. The van der Waals surface area contributed by atoms with E-state index in [2.05, 4.69) is 5.32 Å². The van der Waals surface area contributed by atoms with Crippen LogP contribution in [0.2, 0.25) is 5.02 Å². The standard InChI is InChI=1S/C18H17ClN2O2/c1-12-5-2-3-8-16(12)20-18(23)13-9-17(22)21(11-13)15-7-4-6-14(19)10-15/h2-8,10,13H,9,11H2,1H3,(H,20,23). The first kappa shape index (κ1) is 15.6. The normalized spacial score (nSPS) is 17.4. The van der Waals surface area contributed by atoms with E-state index >= 15 is 0 Å². The predicted molar refractivity (Wildman–Crippen MR) is 91.7 cm³/mol. The molecule has 0 spiro atoms. The summed E-state index contributed by atoms with van der Waals surface area (Å²) in [7, 11) is 0. The van der Waals surface area contributed by atoms with Crippen molar-refractivity contribution in [3.8, 4) is 0 Å². The summed E-state index contributed by atoms with van der Waals surface area (Å²) < 4.78 is 0. The van der Waals surface area contributed by atoms with Gasteiger partial charge in [-0.3, -0.25) is 9.59 Å². The fourth-order valence-electron chi connectivity index (χ4n) is 2.72. The SMILES string of the molecule is Cc1ccccc1NC(=O)C1CC(=O)N(c2cccc(Cl)c2)C1. The smallest absolute Gasteiger partial charge is 0.229 e. The van der Waals surface area contributed by atoms with Crippen LogP contribution in [-0.2, 0) is 9.59 Å². The zero-order valence-corrected chi connectivity index (χ0v) is 13.5. The third kappa shape index (κ3) is 3.37. The molecule has 5 heteroatoms. The van der Waals surface area contributed by atoms with E-state index in [0.29, 0.717) is 11.6 Å². The van der Waals surface area contributed by atoms with Gasteiger partial charge >= 0.3 is 0 Å². The highest BCUT2D eigenvalue weighted by Crippen LogP contribution is 2.28. The summed E-state index contributed by atoms with van der Waals surface area (Å²) in [5.74, 6) is -0.546. The van der Waals surface area contributed by atoms with Crippen molar-refractivity contribution in [2.45, 2.75) is 13.3 Å². The summed E-state index contributed by atoms with van der Waals surface area (Å²) in [4.78, 5) is 26.3. The van der Waals surface area contributed by atoms with Crippen LogP contribution in [0.3, 0.4) is 0 Å². The Morgan fingerprint density at radius 1 is 1.22 bits per heavy atom. The van der Waals surface area contributed by atoms with Gasteiger partial charge in [-0.25, -0.2) is 0 Å². The van der Waals surface area contributed by atoms with Gasteiger partial charge in [-0.15, -0.1) is 0 Å². The molecule has 4 nitrogen and oxygen atoms in total. The van der Waals surface area contributed by atoms with E-state index in [1.54, 1.807) is 23.1 Å². The third-order valence-corrected chi connectivity index (χ3v) is 4.25. The summed E-state index contributed by atoms with van der Waals surface area (Å²) in [6.45, 7) is 2.31. The number of anilines is 2. The van der Waals surface area contributed by atoms with Gasteiger partial charge in [0.05, 0.1) is 5.92 Å². The minimum Gasteiger partial charge on any atom is -0.326 e. The summed E-state index contributed by atoms with van der Waals surface area (Å²) in [6, 6.07) is 14.7. The molecule has 0 aromatic heterocycles. The average Bonchev–Trinajstić information content (AvgIpc) is 2.92. The van der Waals surface area contributed by atoms with Crippen molar-refractivity contribution in [3.63, 3.8) is 0 Å². The van der Waals surface area contributed by atoms with E-state index in [0.717, 1.165) is 16.9 Å². The van der Waals surface area contributed by atoms with Gasteiger partial charge < -0.3 is 10.2 Å². The molecule has 2 aromatic carbocycles. The number of hydrogen-bond acceptors (Lipinski definition) is 2. The summed E-state index contributed by atoms with van der Waals surface area (Å²) in [6.07, 6.45) is 0.213. The maximum absolute atomic E-state index is 12.4. The molecule has 0 radical (unpaired) electrons. The second-order valence-corrected chi connectivity index (χ2v) is 6.13. The number of hydrogen-bond donors (Lipinski definition) is 1. The number of nitrogens with zero attached hydrogens (tertiary/aromatic N) is 1. The third-order valence-electron chi connectivity index (χ3n) is 4.02. The van der Waals surface area contributed by atoms with Gasteiger partial charge in [0.1, 0.15) is 0 Å². The summed E-state index contributed by atoms with van der Waals surface area (Å²) in [5, 5.41) is 3.48. The zero-order chi connectivity index (χ0) is 16.4. The Kier molecular flexibility index (Phi) is 4.35. The van der Waals surface area contributed by atoms with Crippen molar-refractivity contribution in [2.24, 2.45) is 5.92 Å². The number of benzene rings is 2. The lowest BCUT2D eigenvalue weighted by atomic mass is 10.1. The van der Waals surface area contributed by atoms with Crippen LogP contribution in [0.15, 0.2) is 48.5 Å². The highest BCUT2D eigenvalue weighted by molar-refractivity contribution is 6.31. The van der Waals surface area contributed by atoms with Crippen molar-refractivity contribution in [1.82, 2.24) is 0 Å². The summed E-state index contributed by atoms with van der Waals surface area (Å²) in [5.41, 5.74) is 2.51. The number of aryl methyl sites for hydroxylation is 1. The van der Waals surface area contributed by atoms with E-state index in [4.69, 9.17) is 11.6 Å². The number of halogens is 1. The van der Waals surface area contributed by atoms with E-state index in [1.165, 1.54) is 0 Å². The molecule has 1 heterocycles. The van der Waals surface area contributed by atoms with Crippen LogP contribution in [0.4, 0.5) is 11.4 Å². The van der Waals surface area contributed by atoms with Gasteiger partial charge in [0.15, 0.2) is 0 Å². The first-order valence-electron chi connectivity index (χ1n) is 7.47. The molecule has 2 amide bonds. The fourth-order valence-corrected chi connectivity index (χ4v) is 2.91. The molecule has 0 saturated carbocycles. The Morgan fingerprint density at radius 2 is 2.00 bits per heavy atom. The Labute approximate surface area is 140 Å². The van der Waals surface area contributed by atoms with E-state index < -0.39 is 0 Å². The largest absolute Gasteiger partial charge is 0.326 e. The molecule has 2 aromatic rings. The number of para-hydroxylation sites is 1. The van der Waals surface area contributed by atoms with Crippen LogP contribution in [0.5, 0.6) is 0 Å². The monoisotopic (exact) mass is 328 g/mol.